The molecule has 0 aliphatic carbocycles. The van der Waals surface area contributed by atoms with Gasteiger partial charge in [0.25, 0.3) is 0 Å². The molecule has 0 fully saturated rings. The number of carbonyl (C=O) groups is 1. The van der Waals surface area contributed by atoms with Crippen molar-refractivity contribution in [3.63, 3.8) is 0 Å². The Morgan fingerprint density at radius 2 is 1.55 bits per heavy atom. The molecule has 0 unspecified atom stereocenters. The predicted octanol–water partition coefficient (Wildman–Crippen LogP) is 2.85. The van der Waals surface area contributed by atoms with E-state index in [2.05, 4.69) is 21.1 Å². The first-order chi connectivity index (χ1) is 8.99. The van der Waals surface area contributed by atoms with Crippen molar-refractivity contribution in [2.75, 3.05) is 34.3 Å². The van der Waals surface area contributed by atoms with Crippen molar-refractivity contribution in [1.82, 2.24) is 0 Å². The van der Waals surface area contributed by atoms with E-state index in [1.54, 1.807) is 12.1 Å². The summed E-state index contributed by atoms with van der Waals surface area (Å²) in [5.74, 6) is -0.246. The third kappa shape index (κ3) is 12.9. The van der Waals surface area contributed by atoms with E-state index in [4.69, 9.17) is 4.74 Å². The minimum atomic E-state index is -6.00. The van der Waals surface area contributed by atoms with Crippen LogP contribution in [-0.4, -0.2) is 52.0 Å². The quantitative estimate of drug-likeness (QED) is 0.369. The molecule has 3 nitrogen and oxygen atoms in total. The lowest BCUT2D eigenvalue weighted by Gasteiger charge is -2.23. The number of hydrogen-bond donors (Lipinski definition) is 0. The van der Waals surface area contributed by atoms with E-state index in [1.807, 2.05) is 18.2 Å². The summed E-state index contributed by atoms with van der Waals surface area (Å²) < 4.78 is 44.9. The Hall–Kier alpha value is -1.57. The highest BCUT2D eigenvalue weighted by atomic mass is 19.5. The van der Waals surface area contributed by atoms with E-state index in [-0.39, 0.29) is 5.97 Å². The summed E-state index contributed by atoms with van der Waals surface area (Å²) in [6.45, 7) is 1.27. The molecular formula is C12H18BF4NO2. The van der Waals surface area contributed by atoms with Gasteiger partial charge in [0.15, 0.2) is 0 Å². The Morgan fingerprint density at radius 1 is 1.10 bits per heavy atom. The van der Waals surface area contributed by atoms with Gasteiger partial charge in [0.1, 0.15) is 13.2 Å². The first-order valence-electron chi connectivity index (χ1n) is 5.89. The Morgan fingerprint density at radius 3 is 1.95 bits per heavy atom. The van der Waals surface area contributed by atoms with Crippen molar-refractivity contribution in [1.29, 1.82) is 0 Å². The Kier molecular flexibility index (Phi) is 7.27. The van der Waals surface area contributed by atoms with Gasteiger partial charge in [-0.05, 0) is 12.1 Å². The molecule has 0 aliphatic heterocycles. The first-order valence-corrected chi connectivity index (χ1v) is 5.89. The summed E-state index contributed by atoms with van der Waals surface area (Å²) in [6, 6.07) is 9.05. The third-order valence-electron chi connectivity index (χ3n) is 2.00. The molecule has 0 amide bonds. The normalized spacial score (nSPS) is 11.3. The molecule has 0 N–H and O–H groups in total. The average Bonchev–Trinajstić information content (AvgIpc) is 2.26. The fourth-order valence-corrected chi connectivity index (χ4v) is 1.07. The van der Waals surface area contributed by atoms with Gasteiger partial charge in [-0.15, -0.1) is 0 Å². The zero-order valence-electron chi connectivity index (χ0n) is 11.7. The largest absolute Gasteiger partial charge is 0.673 e. The van der Waals surface area contributed by atoms with Gasteiger partial charge in [-0.2, -0.15) is 0 Å². The lowest BCUT2D eigenvalue weighted by Crippen LogP contribution is -2.38. The van der Waals surface area contributed by atoms with Crippen LogP contribution in [0.15, 0.2) is 30.3 Å². The van der Waals surface area contributed by atoms with E-state index in [0.717, 1.165) is 11.0 Å². The molecule has 0 radical (unpaired) electrons. The highest BCUT2D eigenvalue weighted by Crippen LogP contribution is 2.06. The van der Waals surface area contributed by atoms with Crippen LogP contribution in [0.2, 0.25) is 0 Å². The number of likely N-dealkylation sites (N-methyl/N-ethyl adjacent to an activating group) is 1. The number of nitrogens with zero attached hydrogens (tertiary/aromatic N) is 1. The Balaban J connectivity index is 0.000000621. The van der Waals surface area contributed by atoms with Crippen LogP contribution in [0.4, 0.5) is 17.3 Å². The summed E-state index contributed by atoms with van der Waals surface area (Å²) in [5.41, 5.74) is 0.610. The molecule has 1 aromatic carbocycles. The van der Waals surface area contributed by atoms with Crippen molar-refractivity contribution < 1.29 is 31.3 Å². The number of benzene rings is 1. The smallest absolute Gasteiger partial charge is 0.456 e. The van der Waals surface area contributed by atoms with Gasteiger partial charge in [-0.3, -0.25) is 0 Å². The maximum Gasteiger partial charge on any atom is 0.673 e. The maximum atomic E-state index is 11.5. The molecule has 0 spiro atoms. The van der Waals surface area contributed by atoms with Gasteiger partial charge in [-0.1, -0.05) is 18.2 Å². The van der Waals surface area contributed by atoms with Crippen molar-refractivity contribution >= 4 is 13.2 Å². The van der Waals surface area contributed by atoms with Crippen molar-refractivity contribution in [2.24, 2.45) is 0 Å². The van der Waals surface area contributed by atoms with E-state index >= 15 is 0 Å². The van der Waals surface area contributed by atoms with Crippen LogP contribution in [0.5, 0.6) is 0 Å². The zero-order chi connectivity index (χ0) is 15.8. The predicted molar refractivity (Wildman–Crippen MR) is 69.8 cm³/mol. The maximum absolute atomic E-state index is 11.5. The SMILES string of the molecule is C[N+](C)(C)CCOC(=O)c1ccccc1.F[B-](F)(F)F. The van der Waals surface area contributed by atoms with Gasteiger partial charge >= 0.3 is 13.2 Å². The van der Waals surface area contributed by atoms with Crippen LogP contribution in [-0.2, 0) is 4.74 Å². The summed E-state index contributed by atoms with van der Waals surface area (Å²) in [5, 5.41) is 0. The third-order valence-corrected chi connectivity index (χ3v) is 2.00. The Labute approximate surface area is 115 Å². The standard InChI is InChI=1S/C12H18NO2.BF4/c1-13(2,3)9-10-15-12(14)11-7-5-4-6-8-11;2-1(3,4)5/h4-8H,9-10H2,1-3H3;/q+1;-1. The molecule has 0 bridgehead atoms. The van der Waals surface area contributed by atoms with E-state index < -0.39 is 7.25 Å². The van der Waals surface area contributed by atoms with Crippen LogP contribution in [0.25, 0.3) is 0 Å². The van der Waals surface area contributed by atoms with Gasteiger partial charge in [0.05, 0.1) is 26.7 Å². The molecule has 0 saturated carbocycles. The van der Waals surface area contributed by atoms with E-state index in [1.165, 1.54) is 0 Å². The lowest BCUT2D eigenvalue weighted by atomic mass is 10.2. The van der Waals surface area contributed by atoms with Crippen LogP contribution < -0.4 is 0 Å². The molecule has 1 rings (SSSR count). The monoisotopic (exact) mass is 295 g/mol. The van der Waals surface area contributed by atoms with Crippen LogP contribution in [0.3, 0.4) is 0 Å². The summed E-state index contributed by atoms with van der Waals surface area (Å²) in [4.78, 5) is 11.5. The van der Waals surface area contributed by atoms with Gasteiger partial charge in [0.2, 0.25) is 0 Å². The van der Waals surface area contributed by atoms with Crippen molar-refractivity contribution in [3.8, 4) is 0 Å². The molecule has 0 atom stereocenters. The number of esters is 1. The molecule has 0 aromatic heterocycles. The average molecular weight is 295 g/mol. The van der Waals surface area contributed by atoms with Gasteiger partial charge in [-0.25, -0.2) is 4.79 Å². The number of carbonyl (C=O) groups excluding carboxylic acids is 1. The van der Waals surface area contributed by atoms with Crippen molar-refractivity contribution in [2.45, 2.75) is 0 Å². The molecule has 114 valence electrons. The number of rotatable bonds is 4. The highest BCUT2D eigenvalue weighted by molar-refractivity contribution is 6.50. The molecule has 0 saturated heterocycles. The van der Waals surface area contributed by atoms with Crippen molar-refractivity contribution in [3.05, 3.63) is 35.9 Å². The minimum absolute atomic E-state index is 0.246. The number of quaternary nitrogens is 1. The molecule has 20 heavy (non-hydrogen) atoms. The summed E-state index contributed by atoms with van der Waals surface area (Å²) >= 11 is 0. The molecule has 0 aliphatic rings. The Bertz CT molecular complexity index is 398. The van der Waals surface area contributed by atoms with Crippen LogP contribution in [0, 0.1) is 0 Å². The summed E-state index contributed by atoms with van der Waals surface area (Å²) in [7, 11) is 0.197. The lowest BCUT2D eigenvalue weighted by molar-refractivity contribution is -0.870. The van der Waals surface area contributed by atoms with Crippen LogP contribution in [0.1, 0.15) is 10.4 Å². The second-order valence-electron chi connectivity index (χ2n) is 5.01. The fourth-order valence-electron chi connectivity index (χ4n) is 1.07. The topological polar surface area (TPSA) is 26.3 Å². The number of halogens is 4. The van der Waals surface area contributed by atoms with Crippen LogP contribution >= 0.6 is 0 Å². The second-order valence-corrected chi connectivity index (χ2v) is 5.01. The van der Waals surface area contributed by atoms with Gasteiger partial charge in [0, 0.05) is 0 Å². The fraction of sp³-hybridized carbons (Fsp3) is 0.417. The molecule has 8 heteroatoms. The minimum Gasteiger partial charge on any atom is -0.456 e. The molecule has 0 heterocycles. The highest BCUT2D eigenvalue weighted by Gasteiger charge is 2.20. The van der Waals surface area contributed by atoms with E-state index in [9.17, 15) is 22.1 Å². The second kappa shape index (κ2) is 7.89. The zero-order valence-corrected chi connectivity index (χ0v) is 11.7. The number of ether oxygens (including phenoxy) is 1. The summed E-state index contributed by atoms with van der Waals surface area (Å²) in [6.07, 6.45) is 0. The molecular weight excluding hydrogens is 277 g/mol. The van der Waals surface area contributed by atoms with Gasteiger partial charge < -0.3 is 26.5 Å². The first kappa shape index (κ1) is 18.4. The van der Waals surface area contributed by atoms with E-state index in [0.29, 0.717) is 12.2 Å². The number of hydrogen-bond acceptors (Lipinski definition) is 2. The molecule has 1 aromatic rings.